The molecule has 3 rings (SSSR count). The summed E-state index contributed by atoms with van der Waals surface area (Å²) in [6.45, 7) is 4.94. The van der Waals surface area contributed by atoms with E-state index < -0.39 is 0 Å². The highest BCUT2D eigenvalue weighted by Gasteiger charge is 2.13. The van der Waals surface area contributed by atoms with Crippen LogP contribution in [-0.2, 0) is 30.7 Å². The fourth-order valence-corrected chi connectivity index (χ4v) is 3.75. The van der Waals surface area contributed by atoms with Crippen molar-refractivity contribution in [3.05, 3.63) is 39.8 Å². The van der Waals surface area contributed by atoms with Crippen LogP contribution in [0.2, 0.25) is 0 Å². The summed E-state index contributed by atoms with van der Waals surface area (Å²) in [4.78, 5) is 13.4. The Morgan fingerprint density at radius 1 is 1.57 bits per heavy atom. The number of carbonyl (C=O) groups excluding carboxylic acids is 1. The Hall–Kier alpha value is -1.66. The summed E-state index contributed by atoms with van der Waals surface area (Å²) in [5.41, 5.74) is 2.24. The number of nitrogens with one attached hydrogen (secondary N) is 2. The summed E-state index contributed by atoms with van der Waals surface area (Å²) in [5.74, 6) is 0.107. The first-order valence-corrected chi connectivity index (χ1v) is 9.17. The average molecular weight is 332 g/mol. The molecule has 2 N–H and O–H groups in total. The van der Waals surface area contributed by atoms with Gasteiger partial charge in [-0.2, -0.15) is 5.10 Å². The smallest absolute Gasteiger partial charge is 0.220 e. The van der Waals surface area contributed by atoms with Gasteiger partial charge in [-0.15, -0.1) is 11.3 Å². The molecule has 1 amide bonds. The molecule has 0 aromatic carbocycles. The van der Waals surface area contributed by atoms with Gasteiger partial charge in [0.25, 0.3) is 0 Å². The lowest BCUT2D eigenvalue weighted by atomic mass is 10.1. The average Bonchev–Trinajstić information content (AvgIpc) is 3.10. The number of carbonyl (C=O) groups is 1. The number of hydrogen-bond donors (Lipinski definition) is 2. The zero-order valence-corrected chi connectivity index (χ0v) is 14.4. The molecule has 1 aliphatic rings. The second-order valence-electron chi connectivity index (χ2n) is 6.13. The molecule has 0 fully saturated rings. The van der Waals surface area contributed by atoms with E-state index in [0.29, 0.717) is 12.8 Å². The second kappa shape index (κ2) is 7.75. The maximum Gasteiger partial charge on any atom is 0.220 e. The van der Waals surface area contributed by atoms with E-state index in [1.807, 2.05) is 6.07 Å². The van der Waals surface area contributed by atoms with Crippen LogP contribution in [-0.4, -0.2) is 28.3 Å². The SMILES string of the molecule is CC(Cc1cccs1)NC(=O)CCc1cc2n(n1)CCCNC2. The van der Waals surface area contributed by atoms with E-state index in [0.717, 1.165) is 38.2 Å². The fourth-order valence-electron chi connectivity index (χ4n) is 2.91. The van der Waals surface area contributed by atoms with Crippen LogP contribution in [0.15, 0.2) is 23.6 Å². The zero-order chi connectivity index (χ0) is 16.1. The van der Waals surface area contributed by atoms with E-state index in [4.69, 9.17) is 0 Å². The molecule has 5 nitrogen and oxygen atoms in total. The Morgan fingerprint density at radius 3 is 3.30 bits per heavy atom. The van der Waals surface area contributed by atoms with Gasteiger partial charge in [-0.05, 0) is 37.4 Å². The van der Waals surface area contributed by atoms with E-state index in [9.17, 15) is 4.79 Å². The second-order valence-corrected chi connectivity index (χ2v) is 7.16. The van der Waals surface area contributed by atoms with Crippen molar-refractivity contribution in [2.24, 2.45) is 0 Å². The first kappa shape index (κ1) is 16.2. The van der Waals surface area contributed by atoms with Crippen molar-refractivity contribution in [3.8, 4) is 0 Å². The maximum absolute atomic E-state index is 12.1. The van der Waals surface area contributed by atoms with Crippen LogP contribution in [0.25, 0.3) is 0 Å². The van der Waals surface area contributed by atoms with Crippen molar-refractivity contribution in [2.75, 3.05) is 6.54 Å². The number of amides is 1. The molecule has 0 saturated heterocycles. The molecule has 3 heterocycles. The van der Waals surface area contributed by atoms with Gasteiger partial charge >= 0.3 is 0 Å². The Labute approximate surface area is 141 Å². The van der Waals surface area contributed by atoms with Crippen molar-refractivity contribution in [1.82, 2.24) is 20.4 Å². The maximum atomic E-state index is 12.1. The topological polar surface area (TPSA) is 59.0 Å². The van der Waals surface area contributed by atoms with Crippen LogP contribution in [0.5, 0.6) is 0 Å². The highest BCUT2D eigenvalue weighted by atomic mass is 32.1. The summed E-state index contributed by atoms with van der Waals surface area (Å²) >= 11 is 1.74. The predicted octanol–water partition coefficient (Wildman–Crippen LogP) is 2.12. The van der Waals surface area contributed by atoms with Crippen LogP contribution in [0.4, 0.5) is 0 Å². The van der Waals surface area contributed by atoms with Crippen molar-refractivity contribution < 1.29 is 4.79 Å². The van der Waals surface area contributed by atoms with Crippen LogP contribution in [0.3, 0.4) is 0 Å². The highest BCUT2D eigenvalue weighted by Crippen LogP contribution is 2.12. The van der Waals surface area contributed by atoms with E-state index >= 15 is 0 Å². The van der Waals surface area contributed by atoms with E-state index in [1.165, 1.54) is 10.6 Å². The van der Waals surface area contributed by atoms with Gasteiger partial charge in [-0.25, -0.2) is 0 Å². The number of thiophene rings is 1. The molecule has 23 heavy (non-hydrogen) atoms. The third kappa shape index (κ3) is 4.65. The first-order valence-electron chi connectivity index (χ1n) is 8.29. The van der Waals surface area contributed by atoms with Gasteiger partial charge in [-0.3, -0.25) is 9.48 Å². The molecule has 0 spiro atoms. The van der Waals surface area contributed by atoms with Gasteiger partial charge in [0.05, 0.1) is 11.4 Å². The number of hydrogen-bond acceptors (Lipinski definition) is 4. The largest absolute Gasteiger partial charge is 0.353 e. The van der Waals surface area contributed by atoms with Gasteiger partial charge in [0.15, 0.2) is 0 Å². The molecule has 0 aliphatic carbocycles. The standard InChI is InChI=1S/C17H24N4OS/c1-13(10-16-4-2-9-23-16)19-17(22)6-5-14-11-15-12-18-7-3-8-21(15)20-14/h2,4,9,11,13,18H,3,5-8,10,12H2,1H3,(H,19,22). The molecule has 6 heteroatoms. The molecule has 1 atom stereocenters. The minimum absolute atomic E-state index is 0.107. The molecular weight excluding hydrogens is 308 g/mol. The number of nitrogens with zero attached hydrogens (tertiary/aromatic N) is 2. The number of fused-ring (bicyclic) bond motifs is 1. The summed E-state index contributed by atoms with van der Waals surface area (Å²) < 4.78 is 2.08. The minimum Gasteiger partial charge on any atom is -0.353 e. The van der Waals surface area contributed by atoms with Crippen LogP contribution >= 0.6 is 11.3 Å². The van der Waals surface area contributed by atoms with Crippen LogP contribution in [0, 0.1) is 0 Å². The summed E-state index contributed by atoms with van der Waals surface area (Å²) in [5, 5.41) is 13.2. The summed E-state index contributed by atoms with van der Waals surface area (Å²) in [6, 6.07) is 6.45. The number of aromatic nitrogens is 2. The lowest BCUT2D eigenvalue weighted by Gasteiger charge is -2.12. The van der Waals surface area contributed by atoms with Crippen molar-refractivity contribution >= 4 is 17.2 Å². The number of rotatable bonds is 6. The minimum atomic E-state index is 0.107. The van der Waals surface area contributed by atoms with E-state index in [-0.39, 0.29) is 11.9 Å². The van der Waals surface area contributed by atoms with Gasteiger partial charge in [0.2, 0.25) is 5.91 Å². The van der Waals surface area contributed by atoms with Gasteiger partial charge in [0.1, 0.15) is 0 Å². The molecule has 2 aromatic heterocycles. The fraction of sp³-hybridized carbons (Fsp3) is 0.529. The molecule has 0 radical (unpaired) electrons. The van der Waals surface area contributed by atoms with Crippen molar-refractivity contribution in [3.63, 3.8) is 0 Å². The Kier molecular flexibility index (Phi) is 5.46. The molecular formula is C17H24N4OS. The Balaban J connectivity index is 1.45. The third-order valence-corrected chi connectivity index (χ3v) is 4.95. The molecule has 1 aliphatic heterocycles. The van der Waals surface area contributed by atoms with Crippen LogP contribution < -0.4 is 10.6 Å². The quantitative estimate of drug-likeness (QED) is 0.852. The molecule has 0 bridgehead atoms. The monoisotopic (exact) mass is 332 g/mol. The molecule has 1 unspecified atom stereocenters. The first-order chi connectivity index (χ1) is 11.2. The number of aryl methyl sites for hydroxylation is 2. The normalized spacial score (nSPS) is 15.7. The van der Waals surface area contributed by atoms with Gasteiger partial charge in [-0.1, -0.05) is 6.07 Å². The van der Waals surface area contributed by atoms with Crippen molar-refractivity contribution in [1.29, 1.82) is 0 Å². The summed E-state index contributed by atoms with van der Waals surface area (Å²) in [6.07, 6.45) is 3.21. The Morgan fingerprint density at radius 2 is 2.48 bits per heavy atom. The van der Waals surface area contributed by atoms with Crippen LogP contribution in [0.1, 0.15) is 36.0 Å². The van der Waals surface area contributed by atoms with E-state index in [2.05, 4.69) is 44.9 Å². The third-order valence-electron chi connectivity index (χ3n) is 4.05. The lowest BCUT2D eigenvalue weighted by Crippen LogP contribution is -2.34. The molecule has 124 valence electrons. The molecule has 2 aromatic rings. The zero-order valence-electron chi connectivity index (χ0n) is 13.5. The van der Waals surface area contributed by atoms with E-state index in [1.54, 1.807) is 11.3 Å². The van der Waals surface area contributed by atoms with Gasteiger partial charge in [0, 0.05) is 43.3 Å². The predicted molar refractivity (Wildman–Crippen MR) is 92.5 cm³/mol. The summed E-state index contributed by atoms with van der Waals surface area (Å²) in [7, 11) is 0. The molecule has 0 saturated carbocycles. The van der Waals surface area contributed by atoms with Gasteiger partial charge < -0.3 is 10.6 Å². The highest BCUT2D eigenvalue weighted by molar-refractivity contribution is 7.09. The Bertz CT molecular complexity index is 612. The van der Waals surface area contributed by atoms with Crippen molar-refractivity contribution in [2.45, 2.75) is 51.7 Å². The lowest BCUT2D eigenvalue weighted by molar-refractivity contribution is -0.121.